The molecule has 2 aliphatic rings. The van der Waals surface area contributed by atoms with Crippen LogP contribution in [-0.2, 0) is 6.54 Å². The maximum absolute atomic E-state index is 12.9. The average molecular weight is 543 g/mol. The molecule has 0 radical (unpaired) electrons. The van der Waals surface area contributed by atoms with E-state index in [0.29, 0.717) is 23.4 Å². The third-order valence-electron chi connectivity index (χ3n) is 6.51. The van der Waals surface area contributed by atoms with Crippen molar-refractivity contribution in [2.45, 2.75) is 35.3 Å². The van der Waals surface area contributed by atoms with Crippen LogP contribution in [0.1, 0.15) is 38.4 Å². The predicted octanol–water partition coefficient (Wildman–Crippen LogP) is 5.59. The Balaban J connectivity index is 1.07. The molecule has 0 spiro atoms. The Morgan fingerprint density at radius 1 is 1.03 bits per heavy atom. The van der Waals surface area contributed by atoms with Crippen molar-refractivity contribution in [2.24, 2.45) is 0 Å². The molecule has 0 bridgehead atoms. The van der Waals surface area contributed by atoms with Gasteiger partial charge in [-0.25, -0.2) is 4.98 Å². The number of aromatic nitrogens is 1. The summed E-state index contributed by atoms with van der Waals surface area (Å²) >= 11 is 3.06. The van der Waals surface area contributed by atoms with Crippen LogP contribution >= 0.6 is 23.1 Å². The van der Waals surface area contributed by atoms with Gasteiger partial charge in [-0.2, -0.15) is 0 Å². The average Bonchev–Trinajstić information content (AvgIpc) is 3.37. The van der Waals surface area contributed by atoms with E-state index in [2.05, 4.69) is 20.9 Å². The number of benzene rings is 3. The van der Waals surface area contributed by atoms with Crippen molar-refractivity contribution in [1.82, 2.24) is 15.6 Å². The molecule has 192 valence electrons. The van der Waals surface area contributed by atoms with Crippen LogP contribution < -0.4 is 20.7 Å². The Bertz CT molecular complexity index is 1480. The number of hydrogen-bond acceptors (Lipinski definition) is 7. The highest BCUT2D eigenvalue weighted by Crippen LogP contribution is 2.39. The van der Waals surface area contributed by atoms with Crippen LogP contribution in [0.3, 0.4) is 0 Å². The molecule has 0 atom stereocenters. The number of amides is 2. The third-order valence-corrected chi connectivity index (χ3v) is 8.71. The van der Waals surface area contributed by atoms with Crippen molar-refractivity contribution in [2.75, 3.05) is 18.4 Å². The van der Waals surface area contributed by atoms with E-state index in [0.717, 1.165) is 56.9 Å². The Kier molecular flexibility index (Phi) is 7.13. The van der Waals surface area contributed by atoms with Crippen LogP contribution in [0.25, 0.3) is 10.6 Å². The number of carbonyl (C=O) groups is 2. The fourth-order valence-electron chi connectivity index (χ4n) is 4.48. The molecule has 3 aromatic carbocycles. The molecule has 1 fully saturated rings. The van der Waals surface area contributed by atoms with Crippen molar-refractivity contribution in [3.05, 3.63) is 88.9 Å². The zero-order valence-corrected chi connectivity index (χ0v) is 22.2. The molecule has 9 heteroatoms. The lowest BCUT2D eigenvalue weighted by atomic mass is 10.1. The van der Waals surface area contributed by atoms with E-state index in [1.807, 2.05) is 48.5 Å². The van der Waals surface area contributed by atoms with Gasteiger partial charge in [-0.1, -0.05) is 23.9 Å². The molecular formula is C29H26N4O3S2. The van der Waals surface area contributed by atoms with Gasteiger partial charge >= 0.3 is 0 Å². The standard InChI is InChI=1S/C29H26N4O3S2/c34-27(19-7-10-26-24(15-19)33-28(35)23-3-1-2-4-25(23)38-26)31-16-22-17-32-29(37-22)18-5-8-20(9-6-18)36-21-11-13-30-14-12-21/h1-10,15,17,21,30H,11-14,16H2,(H,31,34)(H,33,35). The quantitative estimate of drug-likeness (QED) is 0.294. The number of hydrogen-bond donors (Lipinski definition) is 3. The molecule has 6 rings (SSSR count). The molecule has 38 heavy (non-hydrogen) atoms. The molecule has 4 aromatic rings. The summed E-state index contributed by atoms with van der Waals surface area (Å²) < 4.78 is 6.09. The monoisotopic (exact) mass is 542 g/mol. The molecule has 0 aliphatic carbocycles. The Morgan fingerprint density at radius 3 is 2.68 bits per heavy atom. The molecule has 3 N–H and O–H groups in total. The van der Waals surface area contributed by atoms with Crippen molar-refractivity contribution in [3.63, 3.8) is 0 Å². The number of fused-ring (bicyclic) bond motifs is 2. The van der Waals surface area contributed by atoms with Gasteiger partial charge in [-0.3, -0.25) is 9.59 Å². The van der Waals surface area contributed by atoms with E-state index in [-0.39, 0.29) is 17.9 Å². The van der Waals surface area contributed by atoms with Crippen LogP contribution in [-0.4, -0.2) is 36.0 Å². The summed E-state index contributed by atoms with van der Waals surface area (Å²) in [5.41, 5.74) is 2.77. The Hall–Kier alpha value is -3.66. The van der Waals surface area contributed by atoms with Crippen LogP contribution in [0.15, 0.2) is 82.7 Å². The fraction of sp³-hybridized carbons (Fsp3) is 0.207. The number of rotatable bonds is 6. The lowest BCUT2D eigenvalue weighted by Crippen LogP contribution is -2.34. The van der Waals surface area contributed by atoms with Crippen LogP contribution in [0.2, 0.25) is 0 Å². The normalized spacial score (nSPS) is 15.1. The highest BCUT2D eigenvalue weighted by molar-refractivity contribution is 7.99. The number of ether oxygens (including phenoxy) is 1. The maximum Gasteiger partial charge on any atom is 0.256 e. The number of nitrogens with one attached hydrogen (secondary N) is 3. The molecule has 2 amide bonds. The summed E-state index contributed by atoms with van der Waals surface area (Å²) in [6.45, 7) is 2.37. The van der Waals surface area contributed by atoms with Gasteiger partial charge in [0.25, 0.3) is 11.8 Å². The molecular weight excluding hydrogens is 516 g/mol. The molecule has 2 aliphatic heterocycles. The molecule has 3 heterocycles. The second-order valence-electron chi connectivity index (χ2n) is 9.17. The number of piperidine rings is 1. The van der Waals surface area contributed by atoms with Gasteiger partial charge in [0.15, 0.2) is 0 Å². The van der Waals surface area contributed by atoms with Crippen LogP contribution in [0, 0.1) is 0 Å². The van der Waals surface area contributed by atoms with Gasteiger partial charge < -0.3 is 20.7 Å². The summed E-state index contributed by atoms with van der Waals surface area (Å²) in [5, 5.41) is 10.2. The van der Waals surface area contributed by atoms with Crippen molar-refractivity contribution in [3.8, 4) is 16.3 Å². The van der Waals surface area contributed by atoms with Gasteiger partial charge in [-0.05, 0) is 80.5 Å². The summed E-state index contributed by atoms with van der Waals surface area (Å²) in [7, 11) is 0. The number of nitrogens with zero attached hydrogens (tertiary/aromatic N) is 1. The van der Waals surface area contributed by atoms with Gasteiger partial charge in [0.2, 0.25) is 0 Å². The maximum atomic E-state index is 12.9. The third kappa shape index (κ3) is 5.45. The molecule has 1 saturated heterocycles. The fourth-order valence-corrected chi connectivity index (χ4v) is 6.35. The second kappa shape index (κ2) is 11.0. The van der Waals surface area contributed by atoms with Gasteiger partial charge in [0.1, 0.15) is 16.9 Å². The van der Waals surface area contributed by atoms with Crippen molar-refractivity contribution >= 4 is 40.6 Å². The highest BCUT2D eigenvalue weighted by atomic mass is 32.2. The summed E-state index contributed by atoms with van der Waals surface area (Å²) in [5.74, 6) is 0.500. The van der Waals surface area contributed by atoms with E-state index < -0.39 is 0 Å². The first-order valence-corrected chi connectivity index (χ1v) is 14.2. The Labute approximate surface area is 229 Å². The number of thiazole rings is 1. The van der Waals surface area contributed by atoms with E-state index in [4.69, 9.17) is 4.74 Å². The largest absolute Gasteiger partial charge is 0.490 e. The van der Waals surface area contributed by atoms with E-state index >= 15 is 0 Å². The smallest absolute Gasteiger partial charge is 0.256 e. The molecule has 7 nitrogen and oxygen atoms in total. The number of carbonyl (C=O) groups excluding carboxylic acids is 2. The highest BCUT2D eigenvalue weighted by Gasteiger charge is 2.21. The van der Waals surface area contributed by atoms with E-state index in [1.165, 1.54) is 11.8 Å². The lowest BCUT2D eigenvalue weighted by molar-refractivity contribution is 0.0949. The first-order valence-electron chi connectivity index (χ1n) is 12.6. The lowest BCUT2D eigenvalue weighted by Gasteiger charge is -2.23. The molecule has 1 aromatic heterocycles. The molecule has 0 unspecified atom stereocenters. The second-order valence-corrected chi connectivity index (χ2v) is 11.4. The summed E-state index contributed by atoms with van der Waals surface area (Å²) in [4.78, 5) is 32.8. The summed E-state index contributed by atoms with van der Waals surface area (Å²) in [6.07, 6.45) is 4.11. The minimum atomic E-state index is -0.205. The minimum absolute atomic E-state index is 0.174. The SMILES string of the molecule is O=C(NCc1cnc(-c2ccc(OC3CCNCC3)cc2)s1)c1ccc2c(c1)NC(=O)c1ccccc1S2. The number of anilines is 1. The first-order chi connectivity index (χ1) is 18.6. The van der Waals surface area contributed by atoms with Gasteiger partial charge in [0.05, 0.1) is 17.8 Å². The van der Waals surface area contributed by atoms with Crippen LogP contribution in [0.4, 0.5) is 5.69 Å². The van der Waals surface area contributed by atoms with E-state index in [9.17, 15) is 9.59 Å². The minimum Gasteiger partial charge on any atom is -0.490 e. The topological polar surface area (TPSA) is 92.3 Å². The van der Waals surface area contributed by atoms with Gasteiger partial charge in [-0.15, -0.1) is 11.3 Å². The first kappa shape index (κ1) is 24.7. The predicted molar refractivity (Wildman–Crippen MR) is 150 cm³/mol. The zero-order chi connectivity index (χ0) is 25.9. The van der Waals surface area contributed by atoms with Crippen molar-refractivity contribution in [1.29, 1.82) is 0 Å². The Morgan fingerprint density at radius 2 is 1.84 bits per heavy atom. The van der Waals surface area contributed by atoms with Crippen LogP contribution in [0.5, 0.6) is 5.75 Å². The van der Waals surface area contributed by atoms with E-state index in [1.54, 1.807) is 35.7 Å². The van der Waals surface area contributed by atoms with Gasteiger partial charge in [0, 0.05) is 32.0 Å². The zero-order valence-electron chi connectivity index (χ0n) is 20.5. The summed E-state index contributed by atoms with van der Waals surface area (Å²) in [6, 6.07) is 20.9. The molecule has 0 saturated carbocycles. The van der Waals surface area contributed by atoms with Crippen molar-refractivity contribution < 1.29 is 14.3 Å².